The quantitative estimate of drug-likeness (QED) is 0.562. The van der Waals surface area contributed by atoms with Gasteiger partial charge in [0.25, 0.3) is 0 Å². The number of hydrogen-bond donors (Lipinski definition) is 1. The van der Waals surface area contributed by atoms with Gasteiger partial charge in [-0.2, -0.15) is 0 Å². The summed E-state index contributed by atoms with van der Waals surface area (Å²) in [5, 5.41) is 11.6. The van der Waals surface area contributed by atoms with Crippen LogP contribution in [0.3, 0.4) is 0 Å². The number of carbonyl (C=O) groups excluding carboxylic acids is 2. The first-order valence-electron chi connectivity index (χ1n) is 10.2. The van der Waals surface area contributed by atoms with Gasteiger partial charge in [0.05, 0.1) is 17.6 Å². The summed E-state index contributed by atoms with van der Waals surface area (Å²) >= 11 is 0. The zero-order chi connectivity index (χ0) is 19.9. The standard InChI is InChI=1S/C22H32O5/c1-11-9-15-14(20(15,4)5)7-8-21(6)19(27-21)16-17(26-13(3)23)12(2)10-22(16,25)18(11)24/h9,12,14-17,19,25H,7-8,10H2,1-6H3/b11-9+/t12-,14-,15+,16+,17-,19+,21+,22+/m0/s1. The minimum absolute atomic E-state index is 0.0952. The molecule has 0 aromatic carbocycles. The lowest BCUT2D eigenvalue weighted by Gasteiger charge is -2.31. The van der Waals surface area contributed by atoms with Crippen LogP contribution >= 0.6 is 0 Å². The molecule has 1 saturated heterocycles. The van der Waals surface area contributed by atoms with Gasteiger partial charge in [-0.05, 0) is 61.9 Å². The molecule has 1 aliphatic heterocycles. The molecule has 5 heteroatoms. The van der Waals surface area contributed by atoms with E-state index in [-0.39, 0.29) is 34.8 Å². The number of rotatable bonds is 1. The van der Waals surface area contributed by atoms with Crippen LogP contribution in [0.5, 0.6) is 0 Å². The summed E-state index contributed by atoms with van der Waals surface area (Å²) < 4.78 is 11.7. The van der Waals surface area contributed by atoms with Crippen molar-refractivity contribution in [1.82, 2.24) is 0 Å². The van der Waals surface area contributed by atoms with Crippen LogP contribution in [0.1, 0.15) is 60.8 Å². The third-order valence-electron chi connectivity index (χ3n) is 7.94. The molecule has 3 aliphatic carbocycles. The molecular formula is C22H32O5. The van der Waals surface area contributed by atoms with Crippen molar-refractivity contribution in [2.24, 2.45) is 29.1 Å². The maximum atomic E-state index is 13.4. The molecule has 0 spiro atoms. The van der Waals surface area contributed by atoms with Crippen LogP contribution in [0.25, 0.3) is 0 Å². The third-order valence-corrected chi connectivity index (χ3v) is 7.94. The summed E-state index contributed by atoms with van der Waals surface area (Å²) in [7, 11) is 0. The zero-order valence-electron chi connectivity index (χ0n) is 17.2. The number of Topliss-reactive ketones (excluding diaryl/α,β-unsaturated/α-hetero) is 1. The van der Waals surface area contributed by atoms with Gasteiger partial charge >= 0.3 is 5.97 Å². The summed E-state index contributed by atoms with van der Waals surface area (Å²) in [4.78, 5) is 25.1. The average Bonchev–Trinajstić information content (AvgIpc) is 3.32. The highest BCUT2D eigenvalue weighted by molar-refractivity contribution is 6.02. The fourth-order valence-corrected chi connectivity index (χ4v) is 6.12. The molecule has 4 aliphatic rings. The molecule has 0 bridgehead atoms. The molecule has 0 amide bonds. The molecule has 0 radical (unpaired) electrons. The molecule has 27 heavy (non-hydrogen) atoms. The molecule has 5 nitrogen and oxygen atoms in total. The summed E-state index contributed by atoms with van der Waals surface area (Å²) in [6.45, 7) is 11.7. The van der Waals surface area contributed by atoms with Gasteiger partial charge in [-0.1, -0.05) is 26.8 Å². The SMILES string of the molecule is CC(=O)O[C@@H]1[C@@H]2[C@H]3O[C@]3(C)CC[C@H]3[C@@H](/C=C(\C)C(=O)[C@@]2(O)C[C@@H]1C)C3(C)C. The van der Waals surface area contributed by atoms with Crippen molar-refractivity contribution in [2.75, 3.05) is 0 Å². The van der Waals surface area contributed by atoms with E-state index in [1.807, 2.05) is 13.8 Å². The minimum Gasteiger partial charge on any atom is -0.462 e. The minimum atomic E-state index is -1.54. The number of hydrogen-bond acceptors (Lipinski definition) is 5. The van der Waals surface area contributed by atoms with E-state index in [4.69, 9.17) is 9.47 Å². The Balaban J connectivity index is 1.75. The van der Waals surface area contributed by atoms with Crippen LogP contribution in [-0.2, 0) is 19.1 Å². The van der Waals surface area contributed by atoms with E-state index in [1.165, 1.54) is 6.92 Å². The van der Waals surface area contributed by atoms with Crippen molar-refractivity contribution in [3.05, 3.63) is 11.6 Å². The second kappa shape index (κ2) is 5.66. The van der Waals surface area contributed by atoms with Crippen molar-refractivity contribution < 1.29 is 24.2 Å². The number of ether oxygens (including phenoxy) is 2. The van der Waals surface area contributed by atoms with Gasteiger partial charge in [-0.3, -0.25) is 9.59 Å². The van der Waals surface area contributed by atoms with Gasteiger partial charge in [-0.15, -0.1) is 0 Å². The van der Waals surface area contributed by atoms with E-state index >= 15 is 0 Å². The first-order chi connectivity index (χ1) is 12.4. The second-order valence-corrected chi connectivity index (χ2v) is 10.2. The van der Waals surface area contributed by atoms with Crippen LogP contribution in [-0.4, -0.2) is 40.3 Å². The molecule has 0 unspecified atom stereocenters. The zero-order valence-corrected chi connectivity index (χ0v) is 17.2. The van der Waals surface area contributed by atoms with Crippen LogP contribution in [0.15, 0.2) is 11.6 Å². The van der Waals surface area contributed by atoms with Crippen molar-refractivity contribution in [1.29, 1.82) is 0 Å². The maximum Gasteiger partial charge on any atom is 0.302 e. The van der Waals surface area contributed by atoms with Crippen LogP contribution in [0, 0.1) is 29.1 Å². The van der Waals surface area contributed by atoms with Crippen LogP contribution in [0.2, 0.25) is 0 Å². The Labute approximate surface area is 161 Å². The van der Waals surface area contributed by atoms with Gasteiger partial charge in [-0.25, -0.2) is 0 Å². The third kappa shape index (κ3) is 2.72. The maximum absolute atomic E-state index is 13.4. The topological polar surface area (TPSA) is 76.1 Å². The van der Waals surface area contributed by atoms with E-state index in [9.17, 15) is 14.7 Å². The van der Waals surface area contributed by atoms with Crippen molar-refractivity contribution in [3.8, 4) is 0 Å². The Morgan fingerprint density at radius 2 is 2.00 bits per heavy atom. The fourth-order valence-electron chi connectivity index (χ4n) is 6.12. The highest BCUT2D eigenvalue weighted by Crippen LogP contribution is 2.64. The fraction of sp³-hybridized carbons (Fsp3) is 0.818. The molecule has 1 N–H and O–H groups in total. The molecule has 2 saturated carbocycles. The monoisotopic (exact) mass is 376 g/mol. The predicted octanol–water partition coefficient (Wildman–Crippen LogP) is 3.04. The lowest BCUT2D eigenvalue weighted by molar-refractivity contribution is -0.156. The molecule has 0 aromatic rings. The van der Waals surface area contributed by atoms with E-state index in [0.29, 0.717) is 23.8 Å². The molecule has 150 valence electrons. The van der Waals surface area contributed by atoms with Crippen molar-refractivity contribution in [2.45, 2.75) is 84.2 Å². The number of allylic oxidation sites excluding steroid dienone is 1. The summed E-state index contributed by atoms with van der Waals surface area (Å²) in [6, 6.07) is 0. The Kier molecular flexibility index (Phi) is 4.01. The van der Waals surface area contributed by atoms with Gasteiger partial charge in [0.2, 0.25) is 0 Å². The molecule has 4 rings (SSSR count). The number of carbonyl (C=O) groups is 2. The van der Waals surface area contributed by atoms with E-state index in [2.05, 4.69) is 26.8 Å². The van der Waals surface area contributed by atoms with Gasteiger partial charge in [0, 0.05) is 6.92 Å². The first kappa shape index (κ1) is 19.1. The largest absolute Gasteiger partial charge is 0.462 e. The first-order valence-corrected chi connectivity index (χ1v) is 10.2. The summed E-state index contributed by atoms with van der Waals surface area (Å²) in [5.41, 5.74) is -1.08. The Morgan fingerprint density at radius 3 is 2.63 bits per heavy atom. The number of esters is 1. The van der Waals surface area contributed by atoms with Crippen LogP contribution in [0.4, 0.5) is 0 Å². The number of aliphatic hydroxyl groups is 1. The molecule has 0 aromatic heterocycles. The molecule has 8 atom stereocenters. The summed E-state index contributed by atoms with van der Waals surface area (Å²) in [5.74, 6) is -0.310. The van der Waals surface area contributed by atoms with Crippen LogP contribution < -0.4 is 0 Å². The highest BCUT2D eigenvalue weighted by atomic mass is 16.6. The lowest BCUT2D eigenvalue weighted by atomic mass is 9.77. The highest BCUT2D eigenvalue weighted by Gasteiger charge is 2.70. The summed E-state index contributed by atoms with van der Waals surface area (Å²) in [6.07, 6.45) is 3.56. The number of ketones is 1. The number of fused-ring (bicyclic) bond motifs is 4. The Hall–Kier alpha value is -1.20. The predicted molar refractivity (Wildman–Crippen MR) is 99.8 cm³/mol. The molecular weight excluding hydrogens is 344 g/mol. The van der Waals surface area contributed by atoms with Gasteiger partial charge < -0.3 is 14.6 Å². The Bertz CT molecular complexity index is 724. The second-order valence-electron chi connectivity index (χ2n) is 10.2. The normalized spacial score (nSPS) is 52.4. The average molecular weight is 376 g/mol. The number of epoxide rings is 1. The van der Waals surface area contributed by atoms with E-state index in [1.54, 1.807) is 0 Å². The van der Waals surface area contributed by atoms with Gasteiger partial charge in [0.15, 0.2) is 5.78 Å². The molecule has 3 fully saturated rings. The van der Waals surface area contributed by atoms with Gasteiger partial charge in [0.1, 0.15) is 11.7 Å². The molecule has 1 heterocycles. The van der Waals surface area contributed by atoms with Crippen molar-refractivity contribution >= 4 is 11.8 Å². The Morgan fingerprint density at radius 1 is 1.33 bits per heavy atom. The smallest absolute Gasteiger partial charge is 0.302 e. The van der Waals surface area contributed by atoms with E-state index in [0.717, 1.165) is 12.8 Å². The van der Waals surface area contributed by atoms with E-state index < -0.39 is 17.6 Å². The lowest BCUT2D eigenvalue weighted by Crippen LogP contribution is -2.49. The van der Waals surface area contributed by atoms with Crippen molar-refractivity contribution in [3.63, 3.8) is 0 Å².